The average molecular weight is 341 g/mol. The second-order valence-corrected chi connectivity index (χ2v) is 7.21. The SMILES string of the molecule is C[C@@H]1[C@H](C)CCC[C@@H]1NC(=O)CCc1nc(Cc2ccccc2)no1. The third-order valence-electron chi connectivity index (χ3n) is 5.33. The van der Waals surface area contributed by atoms with E-state index >= 15 is 0 Å². The van der Waals surface area contributed by atoms with Gasteiger partial charge in [-0.15, -0.1) is 0 Å². The molecule has 25 heavy (non-hydrogen) atoms. The summed E-state index contributed by atoms with van der Waals surface area (Å²) in [6, 6.07) is 10.3. The van der Waals surface area contributed by atoms with Crippen molar-refractivity contribution in [3.63, 3.8) is 0 Å². The Morgan fingerprint density at radius 2 is 2.04 bits per heavy atom. The lowest BCUT2D eigenvalue weighted by atomic mass is 9.78. The van der Waals surface area contributed by atoms with Crippen LogP contribution in [0.2, 0.25) is 0 Å². The average Bonchev–Trinajstić information content (AvgIpc) is 3.05. The molecule has 0 bridgehead atoms. The Morgan fingerprint density at radius 3 is 2.84 bits per heavy atom. The Kier molecular flexibility index (Phi) is 5.84. The molecule has 1 aromatic carbocycles. The van der Waals surface area contributed by atoms with Crippen molar-refractivity contribution >= 4 is 5.91 Å². The molecule has 1 amide bonds. The topological polar surface area (TPSA) is 68.0 Å². The zero-order valence-corrected chi connectivity index (χ0v) is 15.1. The molecule has 0 aliphatic heterocycles. The fraction of sp³-hybridized carbons (Fsp3) is 0.550. The van der Waals surface area contributed by atoms with E-state index in [4.69, 9.17) is 4.52 Å². The largest absolute Gasteiger partial charge is 0.353 e. The van der Waals surface area contributed by atoms with Gasteiger partial charge in [0.05, 0.1) is 0 Å². The number of amides is 1. The van der Waals surface area contributed by atoms with Gasteiger partial charge in [0.2, 0.25) is 11.8 Å². The van der Waals surface area contributed by atoms with Crippen LogP contribution in [0, 0.1) is 11.8 Å². The standard InChI is InChI=1S/C20H27N3O2/c1-14-7-6-10-17(15(14)2)21-19(24)11-12-20-22-18(23-25-20)13-16-8-4-3-5-9-16/h3-5,8-9,14-15,17H,6-7,10-13H2,1-2H3,(H,21,24)/t14-,15-,17+/m1/s1. The van der Waals surface area contributed by atoms with Gasteiger partial charge >= 0.3 is 0 Å². The minimum Gasteiger partial charge on any atom is -0.353 e. The van der Waals surface area contributed by atoms with Crippen molar-refractivity contribution in [1.82, 2.24) is 15.5 Å². The normalized spacial score (nSPS) is 23.4. The zero-order chi connectivity index (χ0) is 17.6. The molecule has 1 aliphatic carbocycles. The first-order chi connectivity index (χ1) is 12.1. The van der Waals surface area contributed by atoms with Crippen molar-refractivity contribution in [2.45, 2.75) is 58.4 Å². The summed E-state index contributed by atoms with van der Waals surface area (Å²) < 4.78 is 5.27. The van der Waals surface area contributed by atoms with E-state index in [1.54, 1.807) is 0 Å². The predicted octanol–water partition coefficient (Wildman–Crippen LogP) is 3.53. The number of nitrogens with zero attached hydrogens (tertiary/aromatic N) is 2. The quantitative estimate of drug-likeness (QED) is 0.873. The van der Waals surface area contributed by atoms with Gasteiger partial charge < -0.3 is 9.84 Å². The lowest BCUT2D eigenvalue weighted by molar-refractivity contribution is -0.122. The van der Waals surface area contributed by atoms with Gasteiger partial charge in [-0.25, -0.2) is 0 Å². The fourth-order valence-electron chi connectivity index (χ4n) is 3.53. The molecule has 5 heteroatoms. The van der Waals surface area contributed by atoms with Gasteiger partial charge in [0.15, 0.2) is 5.82 Å². The van der Waals surface area contributed by atoms with E-state index in [1.165, 1.54) is 12.8 Å². The van der Waals surface area contributed by atoms with E-state index in [1.807, 2.05) is 30.3 Å². The predicted molar refractivity (Wildman–Crippen MR) is 96.0 cm³/mol. The lowest BCUT2D eigenvalue weighted by Crippen LogP contribution is -2.43. The van der Waals surface area contributed by atoms with Gasteiger partial charge in [-0.1, -0.05) is 62.2 Å². The summed E-state index contributed by atoms with van der Waals surface area (Å²) >= 11 is 0. The molecule has 134 valence electrons. The maximum Gasteiger partial charge on any atom is 0.227 e. The van der Waals surface area contributed by atoms with E-state index in [9.17, 15) is 4.79 Å². The van der Waals surface area contributed by atoms with E-state index in [-0.39, 0.29) is 5.91 Å². The summed E-state index contributed by atoms with van der Waals surface area (Å²) in [6.45, 7) is 4.51. The van der Waals surface area contributed by atoms with Crippen LogP contribution in [0.5, 0.6) is 0 Å². The summed E-state index contributed by atoms with van der Waals surface area (Å²) in [5.74, 6) is 2.49. The summed E-state index contributed by atoms with van der Waals surface area (Å²) in [4.78, 5) is 16.6. The fourth-order valence-corrected chi connectivity index (χ4v) is 3.53. The van der Waals surface area contributed by atoms with Crippen LogP contribution in [0.25, 0.3) is 0 Å². The first-order valence-corrected chi connectivity index (χ1v) is 9.26. The molecule has 0 spiro atoms. The number of rotatable bonds is 6. The number of carbonyl (C=O) groups excluding carboxylic acids is 1. The molecule has 0 unspecified atom stereocenters. The van der Waals surface area contributed by atoms with Crippen LogP contribution < -0.4 is 5.32 Å². The Hall–Kier alpha value is -2.17. The van der Waals surface area contributed by atoms with Crippen LogP contribution in [-0.2, 0) is 17.6 Å². The van der Waals surface area contributed by atoms with Gasteiger partial charge in [-0.05, 0) is 23.8 Å². The van der Waals surface area contributed by atoms with Gasteiger partial charge in [0, 0.05) is 25.3 Å². The first kappa shape index (κ1) is 17.6. The van der Waals surface area contributed by atoms with Gasteiger partial charge in [0.25, 0.3) is 0 Å². The van der Waals surface area contributed by atoms with Crippen molar-refractivity contribution < 1.29 is 9.32 Å². The lowest BCUT2D eigenvalue weighted by Gasteiger charge is -2.34. The molecular weight excluding hydrogens is 314 g/mol. The molecule has 1 aromatic heterocycles. The Bertz CT molecular complexity index is 683. The Morgan fingerprint density at radius 1 is 1.24 bits per heavy atom. The highest BCUT2D eigenvalue weighted by atomic mass is 16.5. The van der Waals surface area contributed by atoms with Gasteiger partial charge in [-0.3, -0.25) is 4.79 Å². The Balaban J connectivity index is 1.46. The number of hydrogen-bond acceptors (Lipinski definition) is 4. The number of aryl methyl sites for hydroxylation is 1. The van der Waals surface area contributed by atoms with Crippen LogP contribution in [0.15, 0.2) is 34.9 Å². The van der Waals surface area contributed by atoms with Crippen LogP contribution in [-0.4, -0.2) is 22.1 Å². The molecule has 5 nitrogen and oxygen atoms in total. The minimum absolute atomic E-state index is 0.0776. The van der Waals surface area contributed by atoms with E-state index in [0.717, 1.165) is 12.0 Å². The number of nitrogens with one attached hydrogen (secondary N) is 1. The van der Waals surface area contributed by atoms with E-state index < -0.39 is 0 Å². The van der Waals surface area contributed by atoms with E-state index in [2.05, 4.69) is 29.3 Å². The van der Waals surface area contributed by atoms with Crippen molar-refractivity contribution in [2.24, 2.45) is 11.8 Å². The third-order valence-corrected chi connectivity index (χ3v) is 5.33. The van der Waals surface area contributed by atoms with Crippen LogP contribution in [0.3, 0.4) is 0 Å². The molecule has 0 saturated heterocycles. The van der Waals surface area contributed by atoms with E-state index in [0.29, 0.717) is 48.9 Å². The molecule has 3 rings (SSSR count). The molecule has 0 radical (unpaired) electrons. The zero-order valence-electron chi connectivity index (χ0n) is 15.1. The number of aromatic nitrogens is 2. The number of carbonyl (C=O) groups is 1. The molecule has 2 aromatic rings. The molecule has 1 fully saturated rings. The van der Waals surface area contributed by atoms with Crippen molar-refractivity contribution in [2.75, 3.05) is 0 Å². The highest BCUT2D eigenvalue weighted by molar-refractivity contribution is 5.76. The van der Waals surface area contributed by atoms with Crippen LogP contribution in [0.4, 0.5) is 0 Å². The van der Waals surface area contributed by atoms with Crippen molar-refractivity contribution in [1.29, 1.82) is 0 Å². The number of hydrogen-bond donors (Lipinski definition) is 1. The van der Waals surface area contributed by atoms with Gasteiger partial charge in [0.1, 0.15) is 0 Å². The smallest absolute Gasteiger partial charge is 0.227 e. The maximum absolute atomic E-state index is 12.2. The first-order valence-electron chi connectivity index (χ1n) is 9.26. The maximum atomic E-state index is 12.2. The Labute approximate surface area is 149 Å². The van der Waals surface area contributed by atoms with Crippen LogP contribution >= 0.6 is 0 Å². The molecule has 1 heterocycles. The molecule has 3 atom stereocenters. The second kappa shape index (κ2) is 8.28. The molecule has 1 N–H and O–H groups in total. The van der Waals surface area contributed by atoms with Crippen LogP contribution in [0.1, 0.15) is 56.8 Å². The molecule has 1 aliphatic rings. The third kappa shape index (κ3) is 4.91. The summed E-state index contributed by atoms with van der Waals surface area (Å²) in [5.41, 5.74) is 1.15. The summed E-state index contributed by atoms with van der Waals surface area (Å²) in [7, 11) is 0. The minimum atomic E-state index is 0.0776. The summed E-state index contributed by atoms with van der Waals surface area (Å²) in [6.07, 6.45) is 5.07. The van der Waals surface area contributed by atoms with Gasteiger partial charge in [-0.2, -0.15) is 4.98 Å². The van der Waals surface area contributed by atoms with Crippen molar-refractivity contribution in [3.05, 3.63) is 47.6 Å². The molecular formula is C20H27N3O2. The highest BCUT2D eigenvalue weighted by Crippen LogP contribution is 2.29. The summed E-state index contributed by atoms with van der Waals surface area (Å²) in [5, 5.41) is 7.20. The van der Waals surface area contributed by atoms with Crippen molar-refractivity contribution in [3.8, 4) is 0 Å². The molecule has 1 saturated carbocycles. The monoisotopic (exact) mass is 341 g/mol. The number of benzene rings is 1. The highest BCUT2D eigenvalue weighted by Gasteiger charge is 2.28. The second-order valence-electron chi connectivity index (χ2n) is 7.21.